The van der Waals surface area contributed by atoms with Crippen LogP contribution < -0.4 is 10.1 Å². The van der Waals surface area contributed by atoms with Crippen LogP contribution in [0.5, 0.6) is 5.75 Å². The minimum Gasteiger partial charge on any atom is -0.497 e. The zero-order valence-electron chi connectivity index (χ0n) is 15.1. The molecule has 6 heteroatoms. The Bertz CT molecular complexity index is 785. The summed E-state index contributed by atoms with van der Waals surface area (Å²) in [5.74, 6) is -1.13. The molecule has 1 heterocycles. The molecule has 2 aromatic rings. The fourth-order valence-corrected chi connectivity index (χ4v) is 2.97. The van der Waals surface area contributed by atoms with Gasteiger partial charge in [0.2, 0.25) is 0 Å². The number of hydrogen-bond donors (Lipinski definition) is 3. The highest BCUT2D eigenvalue weighted by Crippen LogP contribution is 2.31. The first-order valence-electron chi connectivity index (χ1n) is 8.57. The van der Waals surface area contributed by atoms with Crippen molar-refractivity contribution in [3.05, 3.63) is 77.4 Å². The number of benzene rings is 2. The molecule has 0 radical (unpaired) electrons. The molecule has 0 bridgehead atoms. The van der Waals surface area contributed by atoms with E-state index < -0.39 is 11.9 Å². The number of fused-ring (bicyclic) bond motifs is 1. The van der Waals surface area contributed by atoms with Crippen molar-refractivity contribution in [3.8, 4) is 5.75 Å². The standard InChI is InChI=1S/C17H19NO.C4H4O4/c1-19-15-7-8-16-14(11-15)9-10-18-12-17(16)13-5-3-2-4-6-13;5-3(6)1-2-4(7)8/h2-8,11,17-18H,9-10,12H2,1H3;1-2H,(H,5,6)(H,7,8)/b;2-1-. The van der Waals surface area contributed by atoms with E-state index in [4.69, 9.17) is 14.9 Å². The van der Waals surface area contributed by atoms with Crippen molar-refractivity contribution in [3.63, 3.8) is 0 Å². The highest BCUT2D eigenvalue weighted by atomic mass is 16.5. The van der Waals surface area contributed by atoms with Gasteiger partial charge in [0.25, 0.3) is 0 Å². The van der Waals surface area contributed by atoms with Gasteiger partial charge < -0.3 is 20.3 Å². The van der Waals surface area contributed by atoms with Gasteiger partial charge in [0, 0.05) is 24.6 Å². The second-order valence-electron chi connectivity index (χ2n) is 5.99. The predicted octanol–water partition coefficient (Wildman–Crippen LogP) is 2.68. The molecule has 1 aliphatic rings. The second-order valence-corrected chi connectivity index (χ2v) is 5.99. The maximum Gasteiger partial charge on any atom is 0.328 e. The summed E-state index contributed by atoms with van der Waals surface area (Å²) in [5.41, 5.74) is 4.21. The fourth-order valence-electron chi connectivity index (χ4n) is 2.97. The molecule has 2 aromatic carbocycles. The van der Waals surface area contributed by atoms with E-state index >= 15 is 0 Å². The third-order valence-corrected chi connectivity index (χ3v) is 4.22. The molecular weight excluding hydrogens is 346 g/mol. The van der Waals surface area contributed by atoms with Crippen LogP contribution in [0.3, 0.4) is 0 Å². The molecule has 0 aliphatic carbocycles. The van der Waals surface area contributed by atoms with E-state index in [0.717, 1.165) is 25.3 Å². The molecule has 0 amide bonds. The first-order valence-corrected chi connectivity index (χ1v) is 8.57. The van der Waals surface area contributed by atoms with Crippen LogP contribution in [0.1, 0.15) is 22.6 Å². The summed E-state index contributed by atoms with van der Waals surface area (Å²) in [6.45, 7) is 2.03. The Morgan fingerprint density at radius 3 is 2.33 bits per heavy atom. The van der Waals surface area contributed by atoms with E-state index in [2.05, 4.69) is 53.8 Å². The Morgan fingerprint density at radius 2 is 1.74 bits per heavy atom. The molecule has 1 aliphatic heterocycles. The quantitative estimate of drug-likeness (QED) is 0.717. The number of nitrogens with one attached hydrogen (secondary N) is 1. The molecular formula is C21H23NO5. The molecule has 0 aromatic heterocycles. The zero-order valence-corrected chi connectivity index (χ0v) is 15.1. The van der Waals surface area contributed by atoms with Crippen LogP contribution in [-0.2, 0) is 16.0 Å². The van der Waals surface area contributed by atoms with Crippen molar-refractivity contribution < 1.29 is 24.5 Å². The Kier molecular flexibility index (Phi) is 7.58. The van der Waals surface area contributed by atoms with Gasteiger partial charge in [0.1, 0.15) is 5.75 Å². The van der Waals surface area contributed by atoms with Gasteiger partial charge >= 0.3 is 11.9 Å². The number of carboxylic acids is 2. The molecule has 0 saturated heterocycles. The minimum atomic E-state index is -1.26. The average Bonchev–Trinajstić information content (AvgIpc) is 2.89. The Labute approximate surface area is 158 Å². The molecule has 3 N–H and O–H groups in total. The highest BCUT2D eigenvalue weighted by Gasteiger charge is 2.20. The molecule has 142 valence electrons. The number of rotatable bonds is 4. The number of hydrogen-bond acceptors (Lipinski definition) is 4. The molecule has 27 heavy (non-hydrogen) atoms. The van der Waals surface area contributed by atoms with Gasteiger partial charge in [-0.3, -0.25) is 0 Å². The average molecular weight is 369 g/mol. The fraction of sp³-hybridized carbons (Fsp3) is 0.238. The summed E-state index contributed by atoms with van der Waals surface area (Å²) in [6.07, 6.45) is 2.18. The van der Waals surface area contributed by atoms with E-state index in [1.54, 1.807) is 7.11 Å². The van der Waals surface area contributed by atoms with Crippen LogP contribution in [0, 0.1) is 0 Å². The molecule has 1 unspecified atom stereocenters. The summed E-state index contributed by atoms with van der Waals surface area (Å²) in [5, 5.41) is 19.2. The van der Waals surface area contributed by atoms with E-state index in [1.165, 1.54) is 16.7 Å². The van der Waals surface area contributed by atoms with Gasteiger partial charge in [-0.25, -0.2) is 9.59 Å². The molecule has 3 rings (SSSR count). The topological polar surface area (TPSA) is 95.9 Å². The summed E-state index contributed by atoms with van der Waals surface area (Å²) < 4.78 is 5.34. The lowest BCUT2D eigenvalue weighted by molar-refractivity contribution is -0.134. The van der Waals surface area contributed by atoms with Gasteiger partial charge in [-0.2, -0.15) is 0 Å². The number of aliphatic carboxylic acids is 2. The minimum absolute atomic E-state index is 0.435. The van der Waals surface area contributed by atoms with E-state index in [-0.39, 0.29) is 0 Å². The van der Waals surface area contributed by atoms with E-state index in [9.17, 15) is 9.59 Å². The third kappa shape index (κ3) is 6.27. The van der Waals surface area contributed by atoms with Gasteiger partial charge in [-0.15, -0.1) is 0 Å². The van der Waals surface area contributed by atoms with Crippen LogP contribution >= 0.6 is 0 Å². The lowest BCUT2D eigenvalue weighted by atomic mass is 9.88. The number of ether oxygens (including phenoxy) is 1. The second kappa shape index (κ2) is 10.1. The normalized spacial score (nSPS) is 15.8. The molecule has 1 atom stereocenters. The van der Waals surface area contributed by atoms with Gasteiger partial charge in [0.05, 0.1) is 7.11 Å². The van der Waals surface area contributed by atoms with Crippen molar-refractivity contribution in [1.82, 2.24) is 5.32 Å². The maximum absolute atomic E-state index is 9.55. The number of carbonyl (C=O) groups is 2. The van der Waals surface area contributed by atoms with E-state index in [0.29, 0.717) is 18.1 Å². The first-order chi connectivity index (χ1) is 13.0. The summed E-state index contributed by atoms with van der Waals surface area (Å²) >= 11 is 0. The van der Waals surface area contributed by atoms with Gasteiger partial charge in [-0.1, -0.05) is 36.4 Å². The summed E-state index contributed by atoms with van der Waals surface area (Å²) in [6, 6.07) is 17.2. The Hall–Kier alpha value is -3.12. The molecule has 0 spiro atoms. The van der Waals surface area contributed by atoms with E-state index in [1.807, 2.05) is 0 Å². The summed E-state index contributed by atoms with van der Waals surface area (Å²) in [7, 11) is 1.73. The van der Waals surface area contributed by atoms with Crippen LogP contribution in [0.25, 0.3) is 0 Å². The molecule has 6 nitrogen and oxygen atoms in total. The van der Waals surface area contributed by atoms with Crippen molar-refractivity contribution >= 4 is 11.9 Å². The lowest BCUT2D eigenvalue weighted by Crippen LogP contribution is -2.20. The van der Waals surface area contributed by atoms with Crippen molar-refractivity contribution in [2.45, 2.75) is 12.3 Å². The van der Waals surface area contributed by atoms with Crippen LogP contribution in [0.2, 0.25) is 0 Å². The lowest BCUT2D eigenvalue weighted by Gasteiger charge is -2.18. The molecule has 0 fully saturated rings. The third-order valence-electron chi connectivity index (χ3n) is 4.22. The Balaban J connectivity index is 0.000000279. The van der Waals surface area contributed by atoms with Crippen molar-refractivity contribution in [2.75, 3.05) is 20.2 Å². The smallest absolute Gasteiger partial charge is 0.328 e. The number of methoxy groups -OCH3 is 1. The summed E-state index contributed by atoms with van der Waals surface area (Å²) in [4.78, 5) is 19.1. The van der Waals surface area contributed by atoms with Crippen LogP contribution in [0.15, 0.2) is 60.7 Å². The predicted molar refractivity (Wildman–Crippen MR) is 102 cm³/mol. The van der Waals surface area contributed by atoms with Gasteiger partial charge in [0.15, 0.2) is 0 Å². The SMILES string of the molecule is COc1ccc2c(c1)CCNCC2c1ccccc1.O=C(O)/C=C\C(=O)O. The largest absolute Gasteiger partial charge is 0.497 e. The van der Waals surface area contributed by atoms with Gasteiger partial charge in [-0.05, 0) is 41.8 Å². The van der Waals surface area contributed by atoms with Crippen LogP contribution in [-0.4, -0.2) is 42.4 Å². The van der Waals surface area contributed by atoms with Crippen molar-refractivity contribution in [1.29, 1.82) is 0 Å². The Morgan fingerprint density at radius 1 is 1.07 bits per heavy atom. The number of carboxylic acid groups (broad SMARTS) is 2. The van der Waals surface area contributed by atoms with Crippen LogP contribution in [0.4, 0.5) is 0 Å². The first kappa shape index (κ1) is 20.2. The maximum atomic E-state index is 9.55. The van der Waals surface area contributed by atoms with Crippen molar-refractivity contribution in [2.24, 2.45) is 0 Å². The molecule has 0 saturated carbocycles. The zero-order chi connectivity index (χ0) is 19.6. The monoisotopic (exact) mass is 369 g/mol. The highest BCUT2D eigenvalue weighted by molar-refractivity contribution is 5.89.